The number of hydrogen-bond donors (Lipinski definition) is 0. The van der Waals surface area contributed by atoms with Crippen LogP contribution in [0.2, 0.25) is 0 Å². The zero-order valence-electron chi connectivity index (χ0n) is 10.9. The maximum absolute atomic E-state index is 12.1. The van der Waals surface area contributed by atoms with E-state index in [0.29, 0.717) is 13.0 Å². The van der Waals surface area contributed by atoms with Crippen LogP contribution in [-0.4, -0.2) is 32.5 Å². The summed E-state index contributed by atoms with van der Waals surface area (Å²) in [6.07, 6.45) is 2.24. The fourth-order valence-electron chi connectivity index (χ4n) is 1.94. The second-order valence-corrected chi connectivity index (χ2v) is 6.62. The summed E-state index contributed by atoms with van der Waals surface area (Å²) in [7, 11) is 0. The number of rotatable bonds is 1. The van der Waals surface area contributed by atoms with Crippen LogP contribution >= 0.6 is 22.6 Å². The van der Waals surface area contributed by atoms with E-state index < -0.39 is 11.1 Å². The molecule has 17 heavy (non-hydrogen) atoms. The molecule has 0 aromatic heterocycles. The molecule has 0 N–H and O–H groups in total. The molecule has 0 aromatic carbocycles. The summed E-state index contributed by atoms with van der Waals surface area (Å²) in [4.78, 5) is 25.4. The van der Waals surface area contributed by atoms with Crippen LogP contribution in [0.5, 0.6) is 0 Å². The number of halogens is 1. The van der Waals surface area contributed by atoms with Crippen molar-refractivity contribution in [2.75, 3.05) is 6.54 Å². The van der Waals surface area contributed by atoms with Crippen LogP contribution in [0, 0.1) is 0 Å². The van der Waals surface area contributed by atoms with Crippen molar-refractivity contribution in [1.29, 1.82) is 0 Å². The Labute approximate surface area is 116 Å². The molecule has 0 radical (unpaired) electrons. The monoisotopic (exact) mass is 353 g/mol. The first-order valence-corrected chi connectivity index (χ1v) is 6.95. The van der Waals surface area contributed by atoms with Crippen LogP contribution in [0.4, 0.5) is 4.79 Å². The van der Waals surface area contributed by atoms with Gasteiger partial charge in [0.25, 0.3) is 0 Å². The summed E-state index contributed by atoms with van der Waals surface area (Å²) < 4.78 is 5.35. The van der Waals surface area contributed by atoms with Crippen LogP contribution < -0.4 is 0 Å². The molecule has 1 unspecified atom stereocenters. The molecule has 1 atom stereocenters. The van der Waals surface area contributed by atoms with Gasteiger partial charge in [0.05, 0.1) is 0 Å². The Kier molecular flexibility index (Phi) is 4.43. The molecule has 1 rings (SSSR count). The van der Waals surface area contributed by atoms with Crippen LogP contribution in [0.25, 0.3) is 0 Å². The quantitative estimate of drug-likeness (QED) is 0.538. The number of amides is 1. The molecule has 1 fully saturated rings. The van der Waals surface area contributed by atoms with Gasteiger partial charge in [0.1, 0.15) is 11.1 Å². The number of piperidine rings is 1. The van der Waals surface area contributed by atoms with Crippen molar-refractivity contribution >= 4 is 32.5 Å². The molecule has 1 aliphatic heterocycles. The van der Waals surface area contributed by atoms with Gasteiger partial charge in [-0.3, -0.25) is 9.69 Å². The fraction of sp³-hybridized carbons (Fsp3) is 0.833. The molecule has 1 amide bonds. The van der Waals surface area contributed by atoms with E-state index >= 15 is 0 Å². The number of ether oxygens (including phenoxy) is 1. The zero-order chi connectivity index (χ0) is 13.3. The van der Waals surface area contributed by atoms with Crippen molar-refractivity contribution < 1.29 is 14.3 Å². The Morgan fingerprint density at radius 1 is 1.29 bits per heavy atom. The smallest absolute Gasteiger partial charge is 0.411 e. The lowest BCUT2D eigenvalue weighted by Crippen LogP contribution is -2.57. The molecule has 0 saturated carbocycles. The topological polar surface area (TPSA) is 46.6 Å². The Balaban J connectivity index is 2.86. The van der Waals surface area contributed by atoms with Gasteiger partial charge in [-0.15, -0.1) is 0 Å². The molecule has 5 heteroatoms. The van der Waals surface area contributed by atoms with E-state index in [9.17, 15) is 9.59 Å². The molecule has 0 aliphatic carbocycles. The highest BCUT2D eigenvalue weighted by molar-refractivity contribution is 14.1. The number of carbonyl (C=O) groups is 2. The molecule has 0 aromatic rings. The minimum atomic E-state index is -0.707. The maximum atomic E-state index is 12.1. The SMILES string of the molecule is CC(C)(C)OC(=O)N1CCCCC1(C)C(=O)I. The van der Waals surface area contributed by atoms with Gasteiger partial charge < -0.3 is 4.74 Å². The average Bonchev–Trinajstić information content (AvgIpc) is 2.15. The average molecular weight is 353 g/mol. The van der Waals surface area contributed by atoms with E-state index in [0.717, 1.165) is 12.8 Å². The van der Waals surface area contributed by atoms with Gasteiger partial charge >= 0.3 is 6.09 Å². The van der Waals surface area contributed by atoms with Gasteiger partial charge in [-0.2, -0.15) is 0 Å². The molecular formula is C12H20INO3. The van der Waals surface area contributed by atoms with Gasteiger partial charge in [0.15, 0.2) is 0 Å². The van der Waals surface area contributed by atoms with E-state index in [4.69, 9.17) is 4.74 Å². The molecule has 0 bridgehead atoms. The van der Waals surface area contributed by atoms with Crippen molar-refractivity contribution in [3.8, 4) is 0 Å². The number of likely N-dealkylation sites (tertiary alicyclic amines) is 1. The van der Waals surface area contributed by atoms with Gasteiger partial charge in [0, 0.05) is 29.1 Å². The highest BCUT2D eigenvalue weighted by atomic mass is 127. The zero-order valence-corrected chi connectivity index (χ0v) is 13.0. The van der Waals surface area contributed by atoms with Crippen LogP contribution in [-0.2, 0) is 9.53 Å². The Morgan fingerprint density at radius 3 is 2.35 bits per heavy atom. The normalized spacial score (nSPS) is 25.6. The third-order valence-electron chi connectivity index (χ3n) is 2.93. The van der Waals surface area contributed by atoms with E-state index in [-0.39, 0.29) is 9.88 Å². The lowest BCUT2D eigenvalue weighted by Gasteiger charge is -2.42. The Morgan fingerprint density at radius 2 is 1.88 bits per heavy atom. The predicted molar refractivity (Wildman–Crippen MR) is 74.2 cm³/mol. The third kappa shape index (κ3) is 3.56. The van der Waals surface area contributed by atoms with Crippen LogP contribution in [0.1, 0.15) is 47.0 Å². The van der Waals surface area contributed by atoms with Gasteiger partial charge in [-0.05, 0) is 47.0 Å². The van der Waals surface area contributed by atoms with E-state index in [1.165, 1.54) is 0 Å². The molecule has 98 valence electrons. The maximum Gasteiger partial charge on any atom is 0.411 e. The van der Waals surface area contributed by atoms with Crippen molar-refractivity contribution in [3.05, 3.63) is 0 Å². The molecule has 0 spiro atoms. The van der Waals surface area contributed by atoms with Gasteiger partial charge in [-0.1, -0.05) is 0 Å². The van der Waals surface area contributed by atoms with Crippen molar-refractivity contribution in [3.63, 3.8) is 0 Å². The van der Waals surface area contributed by atoms with Crippen molar-refractivity contribution in [2.24, 2.45) is 0 Å². The predicted octanol–water partition coefficient (Wildman–Crippen LogP) is 3.13. The summed E-state index contributed by atoms with van der Waals surface area (Å²) in [6, 6.07) is 0. The molecule has 4 nitrogen and oxygen atoms in total. The van der Waals surface area contributed by atoms with Crippen molar-refractivity contribution in [1.82, 2.24) is 4.90 Å². The fourth-order valence-corrected chi connectivity index (χ4v) is 2.50. The largest absolute Gasteiger partial charge is 0.444 e. The number of hydrogen-bond acceptors (Lipinski definition) is 3. The second kappa shape index (κ2) is 5.12. The Bertz CT molecular complexity index is 324. The van der Waals surface area contributed by atoms with Gasteiger partial charge in [-0.25, -0.2) is 4.79 Å². The number of nitrogens with zero attached hydrogens (tertiary/aromatic N) is 1. The first kappa shape index (κ1) is 14.7. The molecule has 1 aliphatic rings. The van der Waals surface area contributed by atoms with Crippen molar-refractivity contribution in [2.45, 2.75) is 58.1 Å². The van der Waals surface area contributed by atoms with Crippen LogP contribution in [0.3, 0.4) is 0 Å². The van der Waals surface area contributed by atoms with E-state index in [1.807, 2.05) is 27.7 Å². The summed E-state index contributed by atoms with van der Waals surface area (Å²) in [6.45, 7) is 7.92. The van der Waals surface area contributed by atoms with E-state index in [2.05, 4.69) is 0 Å². The summed E-state index contributed by atoms with van der Waals surface area (Å²) in [5, 5.41) is 0. The first-order valence-electron chi connectivity index (χ1n) is 5.87. The minimum absolute atomic E-state index is 0.000610. The standard InChI is InChI=1S/C12H20INO3/c1-11(2,3)17-10(16)14-8-6-5-7-12(14,4)9(13)15/h5-8H2,1-4H3. The Hall–Kier alpha value is -0.330. The highest BCUT2D eigenvalue weighted by Crippen LogP contribution is 2.32. The summed E-state index contributed by atoms with van der Waals surface area (Å²) >= 11 is 1.78. The van der Waals surface area contributed by atoms with Crippen LogP contribution in [0.15, 0.2) is 0 Å². The first-order chi connectivity index (χ1) is 7.67. The second-order valence-electron chi connectivity index (χ2n) is 5.64. The summed E-state index contributed by atoms with van der Waals surface area (Å²) in [5.74, 6) is 0. The van der Waals surface area contributed by atoms with Gasteiger partial charge in [0.2, 0.25) is 3.79 Å². The molecule has 1 heterocycles. The molecule has 1 saturated heterocycles. The number of carbonyl (C=O) groups excluding carboxylic acids is 2. The third-order valence-corrected chi connectivity index (χ3v) is 4.09. The lowest BCUT2D eigenvalue weighted by molar-refractivity contribution is -0.121. The molecular weight excluding hydrogens is 333 g/mol. The minimum Gasteiger partial charge on any atom is -0.444 e. The van der Waals surface area contributed by atoms with E-state index in [1.54, 1.807) is 27.5 Å². The summed E-state index contributed by atoms with van der Waals surface area (Å²) in [5.41, 5.74) is -1.23. The lowest BCUT2D eigenvalue weighted by atomic mass is 9.90. The highest BCUT2D eigenvalue weighted by Gasteiger charge is 2.43.